The van der Waals surface area contributed by atoms with Gasteiger partial charge in [0.1, 0.15) is 0 Å². The number of hydrogen-bond donors (Lipinski definition) is 1. The molecular weight excluding hydrogens is 412 g/mol. The molecule has 33 heavy (non-hydrogen) atoms. The highest BCUT2D eigenvalue weighted by atomic mass is 16.3. The fourth-order valence-electron chi connectivity index (χ4n) is 3.64. The van der Waals surface area contributed by atoms with E-state index < -0.39 is 0 Å². The Morgan fingerprint density at radius 1 is 0.818 bits per heavy atom. The second-order valence-corrected chi connectivity index (χ2v) is 7.96. The van der Waals surface area contributed by atoms with Crippen molar-refractivity contribution in [1.29, 1.82) is 0 Å². The lowest BCUT2D eigenvalue weighted by molar-refractivity contribution is -0.120. The molecule has 4 aromatic rings. The molecule has 0 spiro atoms. The van der Waals surface area contributed by atoms with Gasteiger partial charge in [-0.3, -0.25) is 9.59 Å². The van der Waals surface area contributed by atoms with Crippen LogP contribution in [0.2, 0.25) is 0 Å². The molecule has 0 aliphatic carbocycles. The summed E-state index contributed by atoms with van der Waals surface area (Å²) >= 11 is 0. The van der Waals surface area contributed by atoms with Crippen LogP contribution in [-0.4, -0.2) is 11.8 Å². The number of carbonyl (C=O) groups is 2. The number of nitrogens with zero attached hydrogens (tertiary/aromatic N) is 1. The molecule has 0 unspecified atom stereocenters. The van der Waals surface area contributed by atoms with Crippen molar-refractivity contribution in [1.82, 2.24) is 5.32 Å². The van der Waals surface area contributed by atoms with Crippen LogP contribution in [0, 0.1) is 6.92 Å². The quantitative estimate of drug-likeness (QED) is 0.406. The fraction of sp³-hybridized carbons (Fsp3) is 0.143. The smallest absolute Gasteiger partial charge is 0.294 e. The number of furan rings is 1. The summed E-state index contributed by atoms with van der Waals surface area (Å²) in [6.45, 7) is 2.94. The summed E-state index contributed by atoms with van der Waals surface area (Å²) in [6, 6.07) is 28.8. The Morgan fingerprint density at radius 3 is 2.27 bits per heavy atom. The van der Waals surface area contributed by atoms with Gasteiger partial charge in [-0.05, 0) is 47.9 Å². The normalized spacial score (nSPS) is 10.6. The Hall–Kier alpha value is -4.12. The van der Waals surface area contributed by atoms with Gasteiger partial charge in [0.15, 0.2) is 5.76 Å². The van der Waals surface area contributed by atoms with E-state index in [9.17, 15) is 9.59 Å². The lowest BCUT2D eigenvalue weighted by Crippen LogP contribution is -2.30. The molecule has 1 N–H and O–H groups in total. The Balaban J connectivity index is 1.46. The zero-order valence-electron chi connectivity index (χ0n) is 18.5. The molecule has 0 fully saturated rings. The minimum absolute atomic E-state index is 0.0464. The summed E-state index contributed by atoms with van der Waals surface area (Å²) in [7, 11) is 0. The highest BCUT2D eigenvalue weighted by Crippen LogP contribution is 2.22. The van der Waals surface area contributed by atoms with Gasteiger partial charge in [0.2, 0.25) is 5.91 Å². The van der Waals surface area contributed by atoms with Crippen LogP contribution in [0.3, 0.4) is 0 Å². The predicted octanol–water partition coefficient (Wildman–Crippen LogP) is 5.29. The molecule has 1 heterocycles. The minimum atomic E-state index is -0.213. The van der Waals surface area contributed by atoms with E-state index in [1.807, 2.05) is 79.7 Å². The molecule has 4 rings (SSSR count). The van der Waals surface area contributed by atoms with Gasteiger partial charge in [-0.2, -0.15) is 0 Å². The molecule has 0 saturated carbocycles. The zero-order valence-corrected chi connectivity index (χ0v) is 18.5. The van der Waals surface area contributed by atoms with Crippen LogP contribution in [0.1, 0.15) is 32.8 Å². The SMILES string of the molecule is Cc1cccc(CN(C(=O)c2ccco2)c2ccc(CC(=O)NCc3ccccc3)cc2)c1. The maximum absolute atomic E-state index is 13.1. The van der Waals surface area contributed by atoms with Crippen molar-refractivity contribution in [2.45, 2.75) is 26.4 Å². The Bertz CT molecular complexity index is 1200. The van der Waals surface area contributed by atoms with E-state index in [4.69, 9.17) is 4.42 Å². The summed E-state index contributed by atoms with van der Waals surface area (Å²) < 4.78 is 5.35. The van der Waals surface area contributed by atoms with Crippen molar-refractivity contribution in [3.8, 4) is 0 Å². The van der Waals surface area contributed by atoms with Crippen LogP contribution in [0.15, 0.2) is 102 Å². The van der Waals surface area contributed by atoms with Crippen molar-refractivity contribution >= 4 is 17.5 Å². The van der Waals surface area contributed by atoms with Gasteiger partial charge in [0, 0.05) is 12.2 Å². The summed E-state index contributed by atoms with van der Waals surface area (Å²) in [4.78, 5) is 27.2. The molecular formula is C28H26N2O3. The van der Waals surface area contributed by atoms with Gasteiger partial charge in [-0.25, -0.2) is 0 Å². The average molecular weight is 439 g/mol. The molecule has 0 bridgehead atoms. The Kier molecular flexibility index (Phi) is 7.00. The first-order valence-electron chi connectivity index (χ1n) is 10.9. The van der Waals surface area contributed by atoms with Gasteiger partial charge < -0.3 is 14.6 Å². The van der Waals surface area contributed by atoms with E-state index in [2.05, 4.69) is 11.4 Å². The van der Waals surface area contributed by atoms with E-state index in [0.717, 1.165) is 27.9 Å². The monoisotopic (exact) mass is 438 g/mol. The number of nitrogens with one attached hydrogen (secondary N) is 1. The predicted molar refractivity (Wildman–Crippen MR) is 129 cm³/mol. The third-order valence-electron chi connectivity index (χ3n) is 5.35. The number of aryl methyl sites for hydroxylation is 1. The fourth-order valence-corrected chi connectivity index (χ4v) is 3.64. The molecule has 5 heteroatoms. The number of anilines is 1. The molecule has 5 nitrogen and oxygen atoms in total. The Morgan fingerprint density at radius 2 is 1.58 bits per heavy atom. The van der Waals surface area contributed by atoms with E-state index in [0.29, 0.717) is 13.1 Å². The number of hydrogen-bond acceptors (Lipinski definition) is 3. The third kappa shape index (κ3) is 5.98. The van der Waals surface area contributed by atoms with Crippen LogP contribution < -0.4 is 10.2 Å². The summed E-state index contributed by atoms with van der Waals surface area (Å²) in [5.74, 6) is 0.0248. The van der Waals surface area contributed by atoms with Crippen molar-refractivity contribution in [3.63, 3.8) is 0 Å². The first-order chi connectivity index (χ1) is 16.1. The molecule has 0 saturated heterocycles. The molecule has 0 radical (unpaired) electrons. The van der Waals surface area contributed by atoms with E-state index in [-0.39, 0.29) is 24.0 Å². The van der Waals surface area contributed by atoms with Gasteiger partial charge >= 0.3 is 0 Å². The lowest BCUT2D eigenvalue weighted by Gasteiger charge is -2.22. The lowest BCUT2D eigenvalue weighted by atomic mass is 10.1. The maximum Gasteiger partial charge on any atom is 0.294 e. The first-order valence-corrected chi connectivity index (χ1v) is 10.9. The average Bonchev–Trinajstić information content (AvgIpc) is 3.37. The third-order valence-corrected chi connectivity index (χ3v) is 5.35. The topological polar surface area (TPSA) is 62.6 Å². The van der Waals surface area contributed by atoms with Crippen LogP contribution >= 0.6 is 0 Å². The summed E-state index contributed by atoms with van der Waals surface area (Å²) in [6.07, 6.45) is 1.77. The number of rotatable bonds is 8. The summed E-state index contributed by atoms with van der Waals surface area (Å²) in [5, 5.41) is 2.94. The number of amides is 2. The van der Waals surface area contributed by atoms with Gasteiger partial charge in [0.25, 0.3) is 5.91 Å². The molecule has 0 atom stereocenters. The molecule has 0 aliphatic heterocycles. The molecule has 3 aromatic carbocycles. The molecule has 1 aromatic heterocycles. The van der Waals surface area contributed by atoms with Crippen molar-refractivity contribution < 1.29 is 14.0 Å². The second kappa shape index (κ2) is 10.5. The zero-order chi connectivity index (χ0) is 23.0. The van der Waals surface area contributed by atoms with Crippen LogP contribution in [0.25, 0.3) is 0 Å². The summed E-state index contributed by atoms with van der Waals surface area (Å²) in [5.41, 5.74) is 4.84. The first kappa shape index (κ1) is 22.1. The van der Waals surface area contributed by atoms with Crippen molar-refractivity contribution in [2.24, 2.45) is 0 Å². The second-order valence-electron chi connectivity index (χ2n) is 7.96. The minimum Gasteiger partial charge on any atom is -0.459 e. The van der Waals surface area contributed by atoms with Crippen molar-refractivity contribution in [3.05, 3.63) is 125 Å². The van der Waals surface area contributed by atoms with E-state index >= 15 is 0 Å². The Labute approximate surface area is 193 Å². The maximum atomic E-state index is 13.1. The van der Waals surface area contributed by atoms with E-state index in [1.54, 1.807) is 17.0 Å². The highest BCUT2D eigenvalue weighted by molar-refractivity contribution is 6.04. The molecule has 166 valence electrons. The highest BCUT2D eigenvalue weighted by Gasteiger charge is 2.20. The van der Waals surface area contributed by atoms with Crippen molar-refractivity contribution in [2.75, 3.05) is 4.90 Å². The molecule has 0 aliphatic rings. The standard InChI is InChI=1S/C28H26N2O3/c1-21-7-5-10-24(17-21)20-30(28(32)26-11-6-16-33-26)25-14-12-22(13-15-25)18-27(31)29-19-23-8-3-2-4-9-23/h2-17H,18-20H2,1H3,(H,29,31). The van der Waals surface area contributed by atoms with Crippen LogP contribution in [0.5, 0.6) is 0 Å². The van der Waals surface area contributed by atoms with Crippen LogP contribution in [0.4, 0.5) is 5.69 Å². The van der Waals surface area contributed by atoms with Gasteiger partial charge in [0.05, 0.1) is 19.2 Å². The molecule has 2 amide bonds. The van der Waals surface area contributed by atoms with E-state index in [1.165, 1.54) is 6.26 Å². The number of benzene rings is 3. The van der Waals surface area contributed by atoms with Crippen LogP contribution in [-0.2, 0) is 24.3 Å². The largest absolute Gasteiger partial charge is 0.459 e. The van der Waals surface area contributed by atoms with Gasteiger partial charge in [-0.1, -0.05) is 72.3 Å². The van der Waals surface area contributed by atoms with Gasteiger partial charge in [-0.15, -0.1) is 0 Å². The number of carbonyl (C=O) groups excluding carboxylic acids is 2.